The standard InChI is InChI=1S/C20H19N5OS/c1-21-17-18(26)13-7-8-16(24-11-9-23(2)10-12-24)22-19(13)25-14-5-3-4-6-15(14)27-20(17)25/h3-8H,1,9-12H2,2H3. The van der Waals surface area contributed by atoms with E-state index in [-0.39, 0.29) is 5.43 Å². The number of hydrogen-bond donors (Lipinski definition) is 0. The molecule has 1 aliphatic rings. The average Bonchev–Trinajstić information content (AvgIpc) is 3.08. The molecule has 1 saturated heterocycles. The first kappa shape index (κ1) is 16.4. The van der Waals surface area contributed by atoms with Crippen molar-refractivity contribution in [3.05, 3.63) is 46.6 Å². The average molecular weight is 377 g/mol. The van der Waals surface area contributed by atoms with Crippen LogP contribution in [0.5, 0.6) is 0 Å². The zero-order chi connectivity index (χ0) is 18.5. The second-order valence-electron chi connectivity index (χ2n) is 6.88. The van der Waals surface area contributed by atoms with Crippen molar-refractivity contribution in [1.82, 2.24) is 14.3 Å². The molecule has 0 unspecified atom stereocenters. The maximum atomic E-state index is 13.0. The molecule has 0 bridgehead atoms. The summed E-state index contributed by atoms with van der Waals surface area (Å²) in [5, 5.41) is 0.580. The van der Waals surface area contributed by atoms with Gasteiger partial charge in [0.05, 0.1) is 15.6 Å². The third kappa shape index (κ3) is 2.46. The van der Waals surface area contributed by atoms with Crippen LogP contribution in [-0.4, -0.2) is 54.2 Å². The van der Waals surface area contributed by atoms with Crippen molar-refractivity contribution in [2.24, 2.45) is 4.99 Å². The number of nitrogens with zero attached hydrogens (tertiary/aromatic N) is 5. The number of thiazole rings is 1. The van der Waals surface area contributed by atoms with E-state index in [4.69, 9.17) is 4.98 Å². The molecule has 0 aliphatic carbocycles. The largest absolute Gasteiger partial charge is 0.354 e. The molecule has 4 aromatic rings. The molecule has 1 aromatic carbocycles. The molecule has 7 heteroatoms. The van der Waals surface area contributed by atoms with Gasteiger partial charge in [-0.25, -0.2) is 4.98 Å². The van der Waals surface area contributed by atoms with Crippen LogP contribution in [0.15, 0.2) is 46.2 Å². The van der Waals surface area contributed by atoms with Gasteiger partial charge < -0.3 is 9.80 Å². The van der Waals surface area contributed by atoms with Crippen LogP contribution in [0, 0.1) is 0 Å². The fraction of sp³-hybridized carbons (Fsp3) is 0.250. The predicted molar refractivity (Wildman–Crippen MR) is 113 cm³/mol. The minimum atomic E-state index is -0.107. The normalized spacial score (nSPS) is 15.8. The number of fused-ring (bicyclic) bond motifs is 5. The van der Waals surface area contributed by atoms with E-state index >= 15 is 0 Å². The minimum absolute atomic E-state index is 0.107. The Morgan fingerprint density at radius 3 is 2.67 bits per heavy atom. The van der Waals surface area contributed by atoms with Gasteiger partial charge in [-0.2, -0.15) is 0 Å². The fourth-order valence-electron chi connectivity index (χ4n) is 3.71. The van der Waals surface area contributed by atoms with Crippen LogP contribution in [0.3, 0.4) is 0 Å². The molecule has 6 nitrogen and oxygen atoms in total. The quantitative estimate of drug-likeness (QED) is 0.504. The van der Waals surface area contributed by atoms with Gasteiger partial charge in [-0.15, -0.1) is 11.3 Å². The molecule has 0 radical (unpaired) electrons. The zero-order valence-corrected chi connectivity index (χ0v) is 15.9. The molecule has 0 N–H and O–H groups in total. The SMILES string of the molecule is C=Nc1c(=O)c2ccc(N3CCN(C)CC3)nc2n2c1sc1ccccc12. The summed E-state index contributed by atoms with van der Waals surface area (Å²) in [5.74, 6) is 0.915. The number of likely N-dealkylation sites (N-methyl/N-ethyl adjacent to an activating group) is 1. The van der Waals surface area contributed by atoms with Crippen molar-refractivity contribution < 1.29 is 0 Å². The van der Waals surface area contributed by atoms with Crippen LogP contribution in [-0.2, 0) is 0 Å². The van der Waals surface area contributed by atoms with Crippen molar-refractivity contribution in [2.45, 2.75) is 0 Å². The van der Waals surface area contributed by atoms with Gasteiger partial charge in [-0.05, 0) is 38.0 Å². The molecule has 136 valence electrons. The molecular weight excluding hydrogens is 358 g/mol. The van der Waals surface area contributed by atoms with Crippen LogP contribution in [0.25, 0.3) is 26.1 Å². The molecule has 0 spiro atoms. The Kier molecular flexibility index (Phi) is 3.73. The summed E-state index contributed by atoms with van der Waals surface area (Å²) in [4.78, 5) is 27.3. The lowest BCUT2D eigenvalue weighted by molar-refractivity contribution is 0.312. The summed E-state index contributed by atoms with van der Waals surface area (Å²) >= 11 is 1.55. The number of hydrogen-bond acceptors (Lipinski definition) is 6. The Morgan fingerprint density at radius 1 is 1.11 bits per heavy atom. The summed E-state index contributed by atoms with van der Waals surface area (Å²) in [6.07, 6.45) is 0. The Labute approximate surface area is 160 Å². The Hall–Kier alpha value is -2.77. The summed E-state index contributed by atoms with van der Waals surface area (Å²) in [7, 11) is 2.13. The Balaban J connectivity index is 1.84. The molecule has 0 atom stereocenters. The molecule has 0 amide bonds. The lowest BCUT2D eigenvalue weighted by atomic mass is 10.2. The number of aliphatic imine (C=N–C) groups is 1. The van der Waals surface area contributed by atoms with E-state index in [1.807, 2.05) is 24.3 Å². The van der Waals surface area contributed by atoms with Gasteiger partial charge in [0.1, 0.15) is 16.3 Å². The number of piperazine rings is 1. The first-order valence-electron chi connectivity index (χ1n) is 8.94. The molecule has 0 saturated carbocycles. The van der Waals surface area contributed by atoms with Crippen molar-refractivity contribution >= 4 is 55.6 Å². The third-order valence-corrected chi connectivity index (χ3v) is 6.37. The van der Waals surface area contributed by atoms with E-state index in [1.54, 1.807) is 11.3 Å². The highest BCUT2D eigenvalue weighted by Gasteiger charge is 2.20. The summed E-state index contributed by atoms with van der Waals surface area (Å²) < 4.78 is 3.15. The molecule has 5 rings (SSSR count). The molecular formula is C20H19N5OS. The number of aromatic nitrogens is 2. The monoisotopic (exact) mass is 377 g/mol. The van der Waals surface area contributed by atoms with E-state index in [1.165, 1.54) is 0 Å². The molecule has 4 heterocycles. The number of benzene rings is 1. The number of rotatable bonds is 2. The highest BCUT2D eigenvalue weighted by molar-refractivity contribution is 7.24. The van der Waals surface area contributed by atoms with Crippen LogP contribution in [0.1, 0.15) is 0 Å². The Morgan fingerprint density at radius 2 is 1.89 bits per heavy atom. The van der Waals surface area contributed by atoms with Crippen molar-refractivity contribution in [1.29, 1.82) is 0 Å². The molecule has 1 aliphatic heterocycles. The van der Waals surface area contributed by atoms with Crippen LogP contribution >= 0.6 is 11.3 Å². The highest BCUT2D eigenvalue weighted by atomic mass is 32.1. The molecule has 27 heavy (non-hydrogen) atoms. The van der Waals surface area contributed by atoms with Crippen molar-refractivity contribution in [3.8, 4) is 0 Å². The van der Waals surface area contributed by atoms with Gasteiger partial charge in [0.2, 0.25) is 5.43 Å². The number of pyridine rings is 2. The molecule has 3 aromatic heterocycles. The summed E-state index contributed by atoms with van der Waals surface area (Å²) in [6.45, 7) is 7.51. The maximum Gasteiger partial charge on any atom is 0.218 e. The molecule has 1 fully saturated rings. The zero-order valence-electron chi connectivity index (χ0n) is 15.1. The van der Waals surface area contributed by atoms with Crippen LogP contribution < -0.4 is 10.3 Å². The van der Waals surface area contributed by atoms with E-state index in [2.05, 4.69) is 45.1 Å². The van der Waals surface area contributed by atoms with E-state index in [0.29, 0.717) is 16.7 Å². The summed E-state index contributed by atoms with van der Waals surface area (Å²) in [5.41, 5.74) is 2.02. The first-order chi connectivity index (χ1) is 13.2. The van der Waals surface area contributed by atoms with Crippen LogP contribution in [0.2, 0.25) is 0 Å². The van der Waals surface area contributed by atoms with Gasteiger partial charge in [0.25, 0.3) is 0 Å². The van der Waals surface area contributed by atoms with Gasteiger partial charge in [0.15, 0.2) is 5.65 Å². The second kappa shape index (κ2) is 6.14. The van der Waals surface area contributed by atoms with Crippen LogP contribution in [0.4, 0.5) is 11.5 Å². The predicted octanol–water partition coefficient (Wildman–Crippen LogP) is 3.15. The second-order valence-corrected chi connectivity index (χ2v) is 7.91. The topological polar surface area (TPSA) is 53.2 Å². The number of para-hydroxylation sites is 1. The lowest BCUT2D eigenvalue weighted by Crippen LogP contribution is -2.44. The van der Waals surface area contributed by atoms with Crippen molar-refractivity contribution in [3.63, 3.8) is 0 Å². The third-order valence-electron chi connectivity index (χ3n) is 5.24. The van der Waals surface area contributed by atoms with E-state index < -0.39 is 0 Å². The van der Waals surface area contributed by atoms with Gasteiger partial charge >= 0.3 is 0 Å². The smallest absolute Gasteiger partial charge is 0.218 e. The van der Waals surface area contributed by atoms with E-state index in [9.17, 15) is 4.79 Å². The Bertz CT molecular complexity index is 1250. The highest BCUT2D eigenvalue weighted by Crippen LogP contribution is 2.34. The fourth-order valence-corrected chi connectivity index (χ4v) is 4.86. The first-order valence-corrected chi connectivity index (χ1v) is 9.76. The van der Waals surface area contributed by atoms with E-state index in [0.717, 1.165) is 47.0 Å². The summed E-state index contributed by atoms with van der Waals surface area (Å²) in [6, 6.07) is 11.9. The van der Waals surface area contributed by atoms with Crippen molar-refractivity contribution in [2.75, 3.05) is 38.1 Å². The maximum absolute atomic E-state index is 13.0. The van der Waals surface area contributed by atoms with Gasteiger partial charge in [0, 0.05) is 26.2 Å². The van der Waals surface area contributed by atoms with Gasteiger partial charge in [-0.1, -0.05) is 12.1 Å². The number of anilines is 1. The van der Waals surface area contributed by atoms with Gasteiger partial charge in [-0.3, -0.25) is 14.2 Å². The lowest BCUT2D eigenvalue weighted by Gasteiger charge is -2.33. The minimum Gasteiger partial charge on any atom is -0.354 e.